The topological polar surface area (TPSA) is 50.2 Å². The van der Waals surface area contributed by atoms with Crippen molar-refractivity contribution in [3.63, 3.8) is 0 Å². The molecule has 1 heterocycles. The van der Waals surface area contributed by atoms with E-state index in [1.54, 1.807) is 11.3 Å². The number of hydrogen-bond acceptors (Lipinski definition) is 3. The van der Waals surface area contributed by atoms with E-state index in [0.717, 1.165) is 38.5 Å². The van der Waals surface area contributed by atoms with Crippen LogP contribution < -0.4 is 0 Å². The van der Waals surface area contributed by atoms with E-state index in [9.17, 15) is 9.90 Å². The highest BCUT2D eigenvalue weighted by Gasteiger charge is 2.30. The predicted octanol–water partition coefficient (Wildman–Crippen LogP) is 4.73. The number of carboxylic acids is 1. The third-order valence-corrected chi connectivity index (χ3v) is 5.38. The molecule has 3 rings (SSSR count). The summed E-state index contributed by atoms with van der Waals surface area (Å²) >= 11 is 11.2. The highest BCUT2D eigenvalue weighted by Crippen LogP contribution is 2.40. The lowest BCUT2D eigenvalue weighted by atomic mass is 9.91. The molecule has 1 N–H and O–H groups in total. The van der Waals surface area contributed by atoms with Crippen molar-refractivity contribution in [2.24, 2.45) is 0 Å². The van der Waals surface area contributed by atoms with Gasteiger partial charge in [0, 0.05) is 14.9 Å². The number of carboxylic acid groups (broad SMARTS) is 1. The molecule has 20 heavy (non-hydrogen) atoms. The summed E-state index contributed by atoms with van der Waals surface area (Å²) in [6.45, 7) is 0. The standard InChI is InChI=1S/C14H11BrClNO2S/c15-7-4-5-8(10(16)6-7)13-17-12-9(14(18)19)2-1-3-11(12)20-13/h4-6,9H,1-3H2,(H,18,19). The maximum absolute atomic E-state index is 11.3. The number of aromatic nitrogens is 1. The maximum Gasteiger partial charge on any atom is 0.312 e. The van der Waals surface area contributed by atoms with Gasteiger partial charge in [0.1, 0.15) is 5.01 Å². The van der Waals surface area contributed by atoms with E-state index in [1.165, 1.54) is 0 Å². The van der Waals surface area contributed by atoms with Gasteiger partial charge in [-0.25, -0.2) is 4.98 Å². The van der Waals surface area contributed by atoms with Gasteiger partial charge < -0.3 is 5.11 Å². The molecular weight excluding hydrogens is 362 g/mol. The van der Waals surface area contributed by atoms with Crippen LogP contribution in [0.1, 0.15) is 29.3 Å². The molecule has 0 bridgehead atoms. The Morgan fingerprint density at radius 3 is 3.00 bits per heavy atom. The van der Waals surface area contributed by atoms with Gasteiger partial charge in [-0.15, -0.1) is 11.3 Å². The number of aliphatic carboxylic acids is 1. The molecule has 0 fully saturated rings. The Morgan fingerprint density at radius 1 is 1.50 bits per heavy atom. The fourth-order valence-electron chi connectivity index (χ4n) is 2.44. The number of hydrogen-bond donors (Lipinski definition) is 1. The smallest absolute Gasteiger partial charge is 0.312 e. The third kappa shape index (κ3) is 2.50. The Bertz CT molecular complexity index is 686. The van der Waals surface area contributed by atoms with E-state index in [0.29, 0.717) is 11.4 Å². The zero-order valence-electron chi connectivity index (χ0n) is 10.4. The summed E-state index contributed by atoms with van der Waals surface area (Å²) in [5, 5.41) is 10.7. The number of fused-ring (bicyclic) bond motifs is 1. The molecule has 0 saturated carbocycles. The van der Waals surface area contributed by atoms with Gasteiger partial charge in [0.2, 0.25) is 0 Å². The van der Waals surface area contributed by atoms with Crippen molar-refractivity contribution in [3.8, 4) is 10.6 Å². The number of nitrogens with zero attached hydrogens (tertiary/aromatic N) is 1. The van der Waals surface area contributed by atoms with Crippen LogP contribution in [0.25, 0.3) is 10.6 Å². The largest absolute Gasteiger partial charge is 0.481 e. The van der Waals surface area contributed by atoms with Crippen molar-refractivity contribution in [2.45, 2.75) is 25.2 Å². The van der Waals surface area contributed by atoms with Crippen LogP contribution in [0.5, 0.6) is 0 Å². The van der Waals surface area contributed by atoms with Crippen molar-refractivity contribution >= 4 is 44.8 Å². The van der Waals surface area contributed by atoms with Crippen molar-refractivity contribution in [2.75, 3.05) is 0 Å². The minimum absolute atomic E-state index is 0.474. The molecule has 0 spiro atoms. The minimum Gasteiger partial charge on any atom is -0.481 e. The first-order chi connectivity index (χ1) is 9.56. The Balaban J connectivity index is 2.07. The number of thiazole rings is 1. The van der Waals surface area contributed by atoms with Crippen molar-refractivity contribution in [1.29, 1.82) is 0 Å². The molecule has 1 atom stereocenters. The van der Waals surface area contributed by atoms with Gasteiger partial charge in [0.05, 0.1) is 16.6 Å². The summed E-state index contributed by atoms with van der Waals surface area (Å²) in [5.74, 6) is -1.26. The summed E-state index contributed by atoms with van der Waals surface area (Å²) in [6.07, 6.45) is 2.48. The SMILES string of the molecule is O=C(O)C1CCCc2sc(-c3ccc(Br)cc3Cl)nc21. The van der Waals surface area contributed by atoms with E-state index in [1.807, 2.05) is 18.2 Å². The fourth-order valence-corrected chi connectivity index (χ4v) is 4.46. The van der Waals surface area contributed by atoms with Gasteiger partial charge in [0.25, 0.3) is 0 Å². The van der Waals surface area contributed by atoms with Crippen molar-refractivity contribution < 1.29 is 9.90 Å². The first-order valence-corrected chi connectivity index (χ1v) is 8.23. The first kappa shape index (κ1) is 14.0. The van der Waals surface area contributed by atoms with Gasteiger partial charge in [-0.1, -0.05) is 27.5 Å². The van der Waals surface area contributed by atoms with E-state index < -0.39 is 11.9 Å². The van der Waals surface area contributed by atoms with E-state index in [-0.39, 0.29) is 0 Å². The molecule has 0 amide bonds. The number of benzene rings is 1. The second kappa shape index (κ2) is 5.47. The monoisotopic (exact) mass is 371 g/mol. The molecule has 1 aromatic carbocycles. The van der Waals surface area contributed by atoms with Crippen LogP contribution in [-0.2, 0) is 11.2 Å². The summed E-state index contributed by atoms with van der Waals surface area (Å²) in [7, 11) is 0. The second-order valence-corrected chi connectivity index (χ2v) is 7.14. The molecule has 1 aromatic heterocycles. The van der Waals surface area contributed by atoms with Gasteiger partial charge in [-0.2, -0.15) is 0 Å². The molecular formula is C14H11BrClNO2S. The zero-order chi connectivity index (χ0) is 14.3. The molecule has 1 aliphatic carbocycles. The van der Waals surface area contributed by atoms with Crippen LogP contribution in [0.4, 0.5) is 0 Å². The van der Waals surface area contributed by atoms with Gasteiger partial charge in [0.15, 0.2) is 0 Å². The van der Waals surface area contributed by atoms with Crippen LogP contribution in [0, 0.1) is 0 Å². The van der Waals surface area contributed by atoms with E-state index >= 15 is 0 Å². The molecule has 0 radical (unpaired) electrons. The summed E-state index contributed by atoms with van der Waals surface area (Å²) in [4.78, 5) is 16.9. The number of carbonyl (C=O) groups is 1. The average molecular weight is 373 g/mol. The highest BCUT2D eigenvalue weighted by molar-refractivity contribution is 9.10. The Morgan fingerprint density at radius 2 is 2.30 bits per heavy atom. The Kier molecular flexibility index (Phi) is 3.84. The molecule has 6 heteroatoms. The lowest BCUT2D eigenvalue weighted by Gasteiger charge is -2.16. The summed E-state index contributed by atoms with van der Waals surface area (Å²) in [5.41, 5.74) is 1.58. The summed E-state index contributed by atoms with van der Waals surface area (Å²) in [6, 6.07) is 5.65. The van der Waals surface area contributed by atoms with Crippen LogP contribution >= 0.6 is 38.9 Å². The van der Waals surface area contributed by atoms with Crippen LogP contribution in [0.2, 0.25) is 5.02 Å². The first-order valence-electron chi connectivity index (χ1n) is 6.24. The van der Waals surface area contributed by atoms with Gasteiger partial charge in [-0.05, 0) is 37.5 Å². The molecule has 0 saturated heterocycles. The quantitative estimate of drug-likeness (QED) is 0.829. The predicted molar refractivity (Wildman–Crippen MR) is 83.6 cm³/mol. The number of aryl methyl sites for hydroxylation is 1. The molecule has 104 valence electrons. The molecule has 0 aliphatic heterocycles. The lowest BCUT2D eigenvalue weighted by Crippen LogP contribution is -2.17. The molecule has 2 aromatic rings. The fraction of sp³-hybridized carbons (Fsp3) is 0.286. The third-order valence-electron chi connectivity index (χ3n) is 3.41. The maximum atomic E-state index is 11.3. The van der Waals surface area contributed by atoms with Crippen LogP contribution in [0.15, 0.2) is 22.7 Å². The molecule has 1 aliphatic rings. The van der Waals surface area contributed by atoms with Gasteiger partial charge >= 0.3 is 5.97 Å². The Labute approximate surface area is 133 Å². The number of rotatable bonds is 2. The zero-order valence-corrected chi connectivity index (χ0v) is 13.6. The highest BCUT2D eigenvalue weighted by atomic mass is 79.9. The average Bonchev–Trinajstić information content (AvgIpc) is 2.81. The molecule has 3 nitrogen and oxygen atoms in total. The van der Waals surface area contributed by atoms with Gasteiger partial charge in [-0.3, -0.25) is 4.79 Å². The van der Waals surface area contributed by atoms with Crippen molar-refractivity contribution in [3.05, 3.63) is 38.3 Å². The van der Waals surface area contributed by atoms with E-state index in [2.05, 4.69) is 20.9 Å². The van der Waals surface area contributed by atoms with E-state index in [4.69, 9.17) is 11.6 Å². The second-order valence-electron chi connectivity index (χ2n) is 4.73. The summed E-state index contributed by atoms with van der Waals surface area (Å²) < 4.78 is 0.913. The number of halogens is 2. The Hall–Kier alpha value is -0.910. The van der Waals surface area contributed by atoms with Crippen LogP contribution in [0.3, 0.4) is 0 Å². The normalized spacial score (nSPS) is 17.8. The van der Waals surface area contributed by atoms with Crippen LogP contribution in [-0.4, -0.2) is 16.1 Å². The van der Waals surface area contributed by atoms with Crippen molar-refractivity contribution in [1.82, 2.24) is 4.98 Å². The molecule has 1 unspecified atom stereocenters. The lowest BCUT2D eigenvalue weighted by molar-refractivity contribution is -0.139. The minimum atomic E-state index is -0.787.